The topological polar surface area (TPSA) is 64.6 Å². The van der Waals surface area contributed by atoms with Crippen LogP contribution < -0.4 is 15.1 Å². The number of anilines is 2. The minimum atomic E-state index is 0.315. The standard InChI is InChI=1S/C18H30N6O/c1-22(2)18-20-10-7-16(21-18)23-11-13-24(14-12-23)17(25)4-3-15-5-8-19-9-6-15/h7,10,15,19H,3-6,8-9,11-14H2,1-2H3. The maximum absolute atomic E-state index is 12.5. The summed E-state index contributed by atoms with van der Waals surface area (Å²) in [5.74, 6) is 2.70. The van der Waals surface area contributed by atoms with E-state index in [0.29, 0.717) is 12.3 Å². The lowest BCUT2D eigenvalue weighted by atomic mass is 9.93. The molecule has 0 aliphatic carbocycles. The van der Waals surface area contributed by atoms with E-state index in [-0.39, 0.29) is 0 Å². The highest BCUT2D eigenvalue weighted by molar-refractivity contribution is 5.76. The Morgan fingerprint density at radius 1 is 1.24 bits per heavy atom. The van der Waals surface area contributed by atoms with E-state index in [2.05, 4.69) is 20.2 Å². The van der Waals surface area contributed by atoms with Crippen molar-refractivity contribution in [2.24, 2.45) is 5.92 Å². The molecule has 1 aromatic rings. The Hall–Kier alpha value is -1.89. The van der Waals surface area contributed by atoms with Crippen molar-refractivity contribution in [1.82, 2.24) is 20.2 Å². The van der Waals surface area contributed by atoms with E-state index >= 15 is 0 Å². The lowest BCUT2D eigenvalue weighted by Crippen LogP contribution is -2.49. The van der Waals surface area contributed by atoms with Crippen LogP contribution in [-0.2, 0) is 4.79 Å². The number of hydrogen-bond donors (Lipinski definition) is 1. The largest absolute Gasteiger partial charge is 0.353 e. The highest BCUT2D eigenvalue weighted by Gasteiger charge is 2.23. The van der Waals surface area contributed by atoms with Gasteiger partial charge in [0, 0.05) is 52.9 Å². The first-order valence-electron chi connectivity index (χ1n) is 9.37. The fourth-order valence-electron chi connectivity index (χ4n) is 3.57. The average molecular weight is 346 g/mol. The Bertz CT molecular complexity index is 564. The van der Waals surface area contributed by atoms with Gasteiger partial charge in [0.05, 0.1) is 0 Å². The van der Waals surface area contributed by atoms with Crippen LogP contribution in [0.1, 0.15) is 25.7 Å². The van der Waals surface area contributed by atoms with Crippen molar-refractivity contribution in [2.45, 2.75) is 25.7 Å². The Balaban J connectivity index is 1.46. The second kappa shape index (κ2) is 8.47. The maximum atomic E-state index is 12.5. The zero-order valence-electron chi connectivity index (χ0n) is 15.4. The van der Waals surface area contributed by atoms with Gasteiger partial charge in [0.25, 0.3) is 0 Å². The van der Waals surface area contributed by atoms with E-state index in [0.717, 1.165) is 63.4 Å². The van der Waals surface area contributed by atoms with Crippen LogP contribution in [0.3, 0.4) is 0 Å². The van der Waals surface area contributed by atoms with E-state index in [9.17, 15) is 4.79 Å². The second-order valence-electron chi connectivity index (χ2n) is 7.21. The number of hydrogen-bond acceptors (Lipinski definition) is 6. The molecule has 2 aliphatic rings. The van der Waals surface area contributed by atoms with Gasteiger partial charge in [-0.1, -0.05) is 0 Å². The zero-order chi connectivity index (χ0) is 17.6. The van der Waals surface area contributed by atoms with Gasteiger partial charge in [0.1, 0.15) is 5.82 Å². The third-order valence-electron chi connectivity index (χ3n) is 5.21. The number of nitrogens with zero attached hydrogens (tertiary/aromatic N) is 5. The summed E-state index contributed by atoms with van der Waals surface area (Å²) in [4.78, 5) is 27.5. The number of amides is 1. The molecular formula is C18H30N6O. The molecular weight excluding hydrogens is 316 g/mol. The van der Waals surface area contributed by atoms with E-state index in [1.165, 1.54) is 12.8 Å². The molecule has 2 fully saturated rings. The number of carbonyl (C=O) groups excluding carboxylic acids is 1. The molecule has 0 radical (unpaired) electrons. The van der Waals surface area contributed by atoms with E-state index in [4.69, 9.17) is 0 Å². The quantitative estimate of drug-likeness (QED) is 0.857. The van der Waals surface area contributed by atoms with Crippen molar-refractivity contribution in [3.63, 3.8) is 0 Å². The van der Waals surface area contributed by atoms with Crippen molar-refractivity contribution in [3.05, 3.63) is 12.3 Å². The highest BCUT2D eigenvalue weighted by Crippen LogP contribution is 2.20. The second-order valence-corrected chi connectivity index (χ2v) is 7.21. The van der Waals surface area contributed by atoms with Crippen LogP contribution in [0.5, 0.6) is 0 Å². The fourth-order valence-corrected chi connectivity index (χ4v) is 3.57. The molecule has 7 nitrogen and oxygen atoms in total. The van der Waals surface area contributed by atoms with E-state index in [1.807, 2.05) is 30.0 Å². The Labute approximate surface area is 150 Å². The normalized spacial score (nSPS) is 19.1. The number of rotatable bonds is 5. The molecule has 138 valence electrons. The molecule has 1 aromatic heterocycles. The summed E-state index contributed by atoms with van der Waals surface area (Å²) in [7, 11) is 3.89. The molecule has 25 heavy (non-hydrogen) atoms. The molecule has 0 saturated carbocycles. The molecule has 3 heterocycles. The maximum Gasteiger partial charge on any atom is 0.226 e. The molecule has 1 amide bonds. The zero-order valence-corrected chi connectivity index (χ0v) is 15.4. The number of nitrogens with one attached hydrogen (secondary N) is 1. The summed E-state index contributed by atoms with van der Waals surface area (Å²) in [6, 6.07) is 1.95. The molecule has 1 N–H and O–H groups in total. The van der Waals surface area contributed by atoms with Crippen LogP contribution in [0.15, 0.2) is 12.3 Å². The van der Waals surface area contributed by atoms with Crippen molar-refractivity contribution in [3.8, 4) is 0 Å². The number of piperazine rings is 1. The molecule has 2 saturated heterocycles. The summed E-state index contributed by atoms with van der Waals surface area (Å²) in [5.41, 5.74) is 0. The number of piperidine rings is 1. The van der Waals surface area contributed by atoms with Gasteiger partial charge in [-0.15, -0.1) is 0 Å². The molecule has 0 aromatic carbocycles. The predicted molar refractivity (Wildman–Crippen MR) is 100.0 cm³/mol. The summed E-state index contributed by atoms with van der Waals surface area (Å²) >= 11 is 0. The lowest BCUT2D eigenvalue weighted by Gasteiger charge is -2.36. The first kappa shape index (κ1) is 17.9. The van der Waals surface area contributed by atoms with Crippen LogP contribution >= 0.6 is 0 Å². The van der Waals surface area contributed by atoms with Crippen LogP contribution in [0, 0.1) is 5.92 Å². The SMILES string of the molecule is CN(C)c1nccc(N2CCN(C(=O)CCC3CCNCC3)CC2)n1. The molecule has 0 bridgehead atoms. The number of carbonyl (C=O) groups is 1. The predicted octanol–water partition coefficient (Wildman–Crippen LogP) is 0.971. The van der Waals surface area contributed by atoms with Crippen LogP contribution in [0.25, 0.3) is 0 Å². The van der Waals surface area contributed by atoms with Crippen molar-refractivity contribution >= 4 is 17.7 Å². The minimum Gasteiger partial charge on any atom is -0.353 e. The van der Waals surface area contributed by atoms with Gasteiger partial charge in [0.15, 0.2) is 0 Å². The molecule has 3 rings (SSSR count). The highest BCUT2D eigenvalue weighted by atomic mass is 16.2. The lowest BCUT2D eigenvalue weighted by molar-refractivity contribution is -0.131. The van der Waals surface area contributed by atoms with Crippen molar-refractivity contribution < 1.29 is 4.79 Å². The number of aromatic nitrogens is 2. The Morgan fingerprint density at radius 3 is 2.64 bits per heavy atom. The fraction of sp³-hybridized carbons (Fsp3) is 0.722. The third-order valence-corrected chi connectivity index (χ3v) is 5.21. The minimum absolute atomic E-state index is 0.315. The Kier molecular flexibility index (Phi) is 6.07. The molecule has 2 aliphatic heterocycles. The van der Waals surface area contributed by atoms with Gasteiger partial charge in [0.2, 0.25) is 11.9 Å². The monoisotopic (exact) mass is 346 g/mol. The van der Waals surface area contributed by atoms with Gasteiger partial charge in [-0.2, -0.15) is 4.98 Å². The van der Waals surface area contributed by atoms with E-state index < -0.39 is 0 Å². The summed E-state index contributed by atoms with van der Waals surface area (Å²) in [6.07, 6.45) is 5.96. The first-order valence-corrected chi connectivity index (χ1v) is 9.37. The van der Waals surface area contributed by atoms with Crippen LogP contribution in [0.2, 0.25) is 0 Å². The molecule has 7 heteroatoms. The van der Waals surface area contributed by atoms with Gasteiger partial charge in [-0.25, -0.2) is 4.98 Å². The van der Waals surface area contributed by atoms with Crippen LogP contribution in [-0.4, -0.2) is 74.1 Å². The Morgan fingerprint density at radius 2 is 1.96 bits per heavy atom. The smallest absolute Gasteiger partial charge is 0.226 e. The first-order chi connectivity index (χ1) is 12.1. The molecule has 0 atom stereocenters. The van der Waals surface area contributed by atoms with Crippen LogP contribution in [0.4, 0.5) is 11.8 Å². The van der Waals surface area contributed by atoms with Crippen molar-refractivity contribution in [2.75, 3.05) is 63.2 Å². The van der Waals surface area contributed by atoms with Gasteiger partial charge in [-0.3, -0.25) is 4.79 Å². The molecule has 0 spiro atoms. The summed E-state index contributed by atoms with van der Waals surface area (Å²) in [5, 5.41) is 3.38. The average Bonchev–Trinajstić information content (AvgIpc) is 2.67. The van der Waals surface area contributed by atoms with Gasteiger partial charge in [-0.05, 0) is 44.3 Å². The molecule has 0 unspecified atom stereocenters. The van der Waals surface area contributed by atoms with Gasteiger partial charge >= 0.3 is 0 Å². The summed E-state index contributed by atoms with van der Waals surface area (Å²) < 4.78 is 0. The van der Waals surface area contributed by atoms with Crippen molar-refractivity contribution in [1.29, 1.82) is 0 Å². The van der Waals surface area contributed by atoms with E-state index in [1.54, 1.807) is 6.20 Å². The third kappa shape index (κ3) is 4.81. The summed E-state index contributed by atoms with van der Waals surface area (Å²) in [6.45, 7) is 5.45. The van der Waals surface area contributed by atoms with Gasteiger partial charge < -0.3 is 20.0 Å².